The summed E-state index contributed by atoms with van der Waals surface area (Å²) in [6.45, 7) is 6.77. The fourth-order valence-electron chi connectivity index (χ4n) is 6.57. The van der Waals surface area contributed by atoms with Gasteiger partial charge in [-0.05, 0) is 55.4 Å². The van der Waals surface area contributed by atoms with Gasteiger partial charge >= 0.3 is 0 Å². The van der Waals surface area contributed by atoms with Gasteiger partial charge in [0.15, 0.2) is 0 Å². The number of aliphatic imine (C=N–C) groups is 1. The van der Waals surface area contributed by atoms with Gasteiger partial charge in [0.05, 0.1) is 5.41 Å². The zero-order valence-electron chi connectivity index (χ0n) is 22.0. The number of fused-ring (bicyclic) bond motifs is 3. The molecule has 0 aromatic carbocycles. The second kappa shape index (κ2) is 8.61. The number of hydrogen-bond donors (Lipinski definition) is 1. The molecule has 6 rings (SSSR count). The Bertz CT molecular complexity index is 1330. The van der Waals surface area contributed by atoms with Crippen LogP contribution in [0.5, 0.6) is 0 Å². The minimum atomic E-state index is -0.615. The van der Waals surface area contributed by atoms with Gasteiger partial charge in [-0.3, -0.25) is 19.6 Å². The average molecular weight is 498 g/mol. The first kappa shape index (κ1) is 24.0. The van der Waals surface area contributed by atoms with Crippen molar-refractivity contribution in [2.24, 2.45) is 10.4 Å². The van der Waals surface area contributed by atoms with Gasteiger partial charge in [-0.15, -0.1) is 0 Å². The molecule has 0 saturated heterocycles. The van der Waals surface area contributed by atoms with Crippen molar-refractivity contribution in [1.82, 2.24) is 14.9 Å². The third-order valence-corrected chi connectivity index (χ3v) is 8.52. The first-order valence-electron chi connectivity index (χ1n) is 13.6. The Hall–Kier alpha value is -3.35. The second-order valence-corrected chi connectivity index (χ2v) is 12.1. The number of hydrogen-bond acceptors (Lipinski definition) is 5. The maximum absolute atomic E-state index is 13.5. The Morgan fingerprint density at radius 1 is 1.08 bits per heavy atom. The van der Waals surface area contributed by atoms with Gasteiger partial charge in [-0.25, -0.2) is 4.98 Å². The Morgan fingerprint density at radius 3 is 2.62 bits per heavy atom. The van der Waals surface area contributed by atoms with E-state index in [1.165, 1.54) is 12.8 Å². The van der Waals surface area contributed by atoms with Crippen molar-refractivity contribution in [3.63, 3.8) is 0 Å². The molecule has 4 heterocycles. The zero-order chi connectivity index (χ0) is 25.8. The van der Waals surface area contributed by atoms with Crippen LogP contribution in [-0.2, 0) is 27.8 Å². The number of pyridine rings is 2. The number of carbonyl (C=O) groups excluding carboxylic acids is 2. The van der Waals surface area contributed by atoms with Gasteiger partial charge in [0.1, 0.15) is 17.2 Å². The lowest BCUT2D eigenvalue weighted by Gasteiger charge is -2.35. The molecule has 7 nitrogen and oxygen atoms in total. The number of rotatable bonds is 3. The molecule has 1 N–H and O–H groups in total. The fourth-order valence-corrected chi connectivity index (χ4v) is 6.57. The molecule has 2 aromatic rings. The maximum atomic E-state index is 13.5. The van der Waals surface area contributed by atoms with Gasteiger partial charge in [-0.1, -0.05) is 51.8 Å². The van der Waals surface area contributed by atoms with Gasteiger partial charge < -0.3 is 10.2 Å². The lowest BCUT2D eigenvalue weighted by Crippen LogP contribution is -2.47. The first-order chi connectivity index (χ1) is 17.7. The smallest absolute Gasteiger partial charge is 0.270 e. The van der Waals surface area contributed by atoms with E-state index in [0.717, 1.165) is 48.1 Å². The van der Waals surface area contributed by atoms with Crippen LogP contribution < -0.4 is 5.32 Å². The Balaban J connectivity index is 1.22. The first-order valence-corrected chi connectivity index (χ1v) is 13.6. The highest BCUT2D eigenvalue weighted by Crippen LogP contribution is 2.46. The lowest BCUT2D eigenvalue weighted by molar-refractivity contribution is -0.127. The van der Waals surface area contributed by atoms with E-state index in [1.807, 2.05) is 23.2 Å². The molecule has 2 aromatic heterocycles. The highest BCUT2D eigenvalue weighted by Gasteiger charge is 2.52. The third-order valence-electron chi connectivity index (χ3n) is 8.52. The number of aromatic nitrogens is 2. The van der Waals surface area contributed by atoms with E-state index in [1.54, 1.807) is 6.20 Å². The highest BCUT2D eigenvalue weighted by atomic mass is 16.2. The standard InChI is InChI=1S/C30H35N5O2/c1-28(2,3)24-26(36)35(30(34-24)12-6-4-5-7-13-30)15-9-10-20-16-21-17-29(18-23(21)32-19-20)22-11-8-14-31-25(22)33-27(29)37/h8-11,14,16,19H,4-7,12-13,15,17-18H2,1-3H3,(H,31,33,37)/b10-9+/t29-/m0/s1. The molecule has 7 heteroatoms. The fraction of sp³-hybridized carbons (Fsp3) is 0.500. The summed E-state index contributed by atoms with van der Waals surface area (Å²) in [4.78, 5) is 42.7. The highest BCUT2D eigenvalue weighted by molar-refractivity contribution is 6.42. The Labute approximate surface area is 218 Å². The summed E-state index contributed by atoms with van der Waals surface area (Å²) in [6.07, 6.45) is 15.4. The lowest BCUT2D eigenvalue weighted by atomic mass is 9.80. The van der Waals surface area contributed by atoms with E-state index in [-0.39, 0.29) is 17.2 Å². The zero-order valence-corrected chi connectivity index (χ0v) is 22.0. The number of nitrogens with one attached hydrogen (secondary N) is 1. The molecule has 2 amide bonds. The summed E-state index contributed by atoms with van der Waals surface area (Å²) in [5.41, 5.74) is 3.44. The van der Waals surface area contributed by atoms with Gasteiger partial charge in [0.25, 0.3) is 5.91 Å². The van der Waals surface area contributed by atoms with E-state index in [4.69, 9.17) is 9.98 Å². The second-order valence-electron chi connectivity index (χ2n) is 12.1. The van der Waals surface area contributed by atoms with Crippen molar-refractivity contribution >= 4 is 29.4 Å². The van der Waals surface area contributed by atoms with Crippen molar-refractivity contribution in [2.45, 2.75) is 83.2 Å². The monoisotopic (exact) mass is 497 g/mol. The molecule has 2 spiro atoms. The van der Waals surface area contributed by atoms with E-state index >= 15 is 0 Å². The molecule has 0 bridgehead atoms. The van der Waals surface area contributed by atoms with Crippen molar-refractivity contribution in [1.29, 1.82) is 0 Å². The van der Waals surface area contributed by atoms with Gasteiger partial charge in [-0.2, -0.15) is 0 Å². The van der Waals surface area contributed by atoms with Crippen molar-refractivity contribution in [3.8, 4) is 0 Å². The molecule has 1 saturated carbocycles. The number of carbonyl (C=O) groups is 2. The molecule has 0 radical (unpaired) electrons. The molecular formula is C30H35N5O2. The molecule has 37 heavy (non-hydrogen) atoms. The van der Waals surface area contributed by atoms with Crippen molar-refractivity contribution in [3.05, 3.63) is 59.1 Å². The largest absolute Gasteiger partial charge is 0.310 e. The number of amides is 2. The van der Waals surface area contributed by atoms with Crippen LogP contribution in [0, 0.1) is 5.41 Å². The number of nitrogens with zero attached hydrogens (tertiary/aromatic N) is 4. The van der Waals surface area contributed by atoms with Gasteiger partial charge in [0, 0.05) is 42.0 Å². The molecule has 0 unspecified atom stereocenters. The predicted octanol–water partition coefficient (Wildman–Crippen LogP) is 4.86. The van der Waals surface area contributed by atoms with Crippen LogP contribution >= 0.6 is 0 Å². The predicted molar refractivity (Wildman–Crippen MR) is 144 cm³/mol. The van der Waals surface area contributed by atoms with Crippen LogP contribution in [0.15, 0.2) is 41.7 Å². The van der Waals surface area contributed by atoms with E-state index in [2.05, 4.69) is 49.3 Å². The quantitative estimate of drug-likeness (QED) is 0.656. The minimum absolute atomic E-state index is 0.00666. The number of anilines is 1. The Kier molecular flexibility index (Phi) is 5.58. The molecule has 1 fully saturated rings. The van der Waals surface area contributed by atoms with Crippen LogP contribution in [0.25, 0.3) is 6.08 Å². The van der Waals surface area contributed by atoms with Crippen LogP contribution in [-0.4, -0.2) is 44.6 Å². The van der Waals surface area contributed by atoms with E-state index in [0.29, 0.717) is 30.9 Å². The SMILES string of the molecule is CC(C)(C)C1=NC2(CCCCCC2)N(C/C=C/c2cnc3c(c2)C[C@@]2(C3)C(=O)Nc3ncccc32)C1=O. The van der Waals surface area contributed by atoms with Crippen LogP contribution in [0.1, 0.15) is 81.7 Å². The summed E-state index contributed by atoms with van der Waals surface area (Å²) in [5.74, 6) is 0.750. The van der Waals surface area contributed by atoms with Crippen molar-refractivity contribution < 1.29 is 9.59 Å². The Morgan fingerprint density at radius 2 is 1.86 bits per heavy atom. The maximum Gasteiger partial charge on any atom is 0.270 e. The minimum Gasteiger partial charge on any atom is -0.310 e. The van der Waals surface area contributed by atoms with E-state index in [9.17, 15) is 9.59 Å². The van der Waals surface area contributed by atoms with Crippen LogP contribution in [0.2, 0.25) is 0 Å². The molecule has 2 aliphatic carbocycles. The summed E-state index contributed by atoms with van der Waals surface area (Å²) in [5, 5.41) is 2.96. The summed E-state index contributed by atoms with van der Waals surface area (Å²) in [6, 6.07) is 6.03. The van der Waals surface area contributed by atoms with Crippen molar-refractivity contribution in [2.75, 3.05) is 11.9 Å². The molecular weight excluding hydrogens is 462 g/mol. The summed E-state index contributed by atoms with van der Waals surface area (Å²) < 4.78 is 0. The third kappa shape index (κ3) is 3.90. The normalized spacial score (nSPS) is 24.5. The van der Waals surface area contributed by atoms with E-state index < -0.39 is 11.1 Å². The molecule has 1 atom stereocenters. The van der Waals surface area contributed by atoms with Crippen LogP contribution in [0.4, 0.5) is 5.82 Å². The molecule has 4 aliphatic rings. The van der Waals surface area contributed by atoms with Crippen LogP contribution in [0.3, 0.4) is 0 Å². The van der Waals surface area contributed by atoms with Gasteiger partial charge in [0.2, 0.25) is 5.91 Å². The topological polar surface area (TPSA) is 87.6 Å². The average Bonchev–Trinajstić information content (AvgIpc) is 3.38. The summed E-state index contributed by atoms with van der Waals surface area (Å²) in [7, 11) is 0. The summed E-state index contributed by atoms with van der Waals surface area (Å²) >= 11 is 0. The molecule has 192 valence electrons. The molecule has 2 aliphatic heterocycles.